The summed E-state index contributed by atoms with van der Waals surface area (Å²) in [5.41, 5.74) is 8.75. The standard InChI is InChI=1S/C22H28BN8O2/c1-12-4-5-15(8-13(12)2)11-29-22-30-17(10-24)18(21(33)31-22)27-6-7-28-19(23)16(20(26)32)9-14(3)25/h4-5,8-10,24-25,27-28H,6-7,11H2,1-3H3,(H2,26,32)(H2,29,30,31,33)/b16-9-,24-10?,25-14?. The number of nitrogens with one attached hydrogen (secondary N) is 6. The molecule has 1 radical (unpaired) electrons. The minimum atomic E-state index is -0.754. The van der Waals surface area contributed by atoms with E-state index in [0.717, 1.165) is 11.8 Å². The average molecular weight is 447 g/mol. The fraction of sp³-hybridized carbons (Fsp3) is 0.273. The van der Waals surface area contributed by atoms with Gasteiger partial charge in [-0.3, -0.25) is 0 Å². The Hall–Kier alpha value is -4.02. The Bertz CT molecular complexity index is 1170. The number of carbonyl (C=O) groups excluding carboxylic acids is 1. The molecule has 1 aromatic carbocycles. The van der Waals surface area contributed by atoms with Crippen LogP contribution in [0, 0.1) is 24.7 Å². The molecule has 2 rings (SSSR count). The van der Waals surface area contributed by atoms with E-state index in [9.17, 15) is 9.59 Å². The van der Waals surface area contributed by atoms with Crippen molar-refractivity contribution in [1.82, 2.24) is 15.3 Å². The number of primary amides is 1. The number of aromatic nitrogens is 2. The first-order chi connectivity index (χ1) is 15.6. The zero-order valence-electron chi connectivity index (χ0n) is 18.9. The third kappa shape index (κ3) is 7.27. The van der Waals surface area contributed by atoms with Crippen molar-refractivity contribution in [3.8, 4) is 0 Å². The Labute approximate surface area is 193 Å². The number of anilines is 2. The van der Waals surface area contributed by atoms with E-state index in [4.69, 9.17) is 24.0 Å². The average Bonchev–Trinajstić information content (AvgIpc) is 2.76. The van der Waals surface area contributed by atoms with Crippen LogP contribution >= 0.6 is 0 Å². The van der Waals surface area contributed by atoms with Gasteiger partial charge < -0.3 is 0 Å². The van der Waals surface area contributed by atoms with Gasteiger partial charge in [0.25, 0.3) is 0 Å². The normalized spacial score (nSPS) is 10.9. The SMILES string of the molecule is [B]=C(NCCNc1c(C=N)nc(NCc2ccc(C)c(C)c2)[nH]c1=O)/C(=C/C(C)=N)C(N)=O. The second-order valence-corrected chi connectivity index (χ2v) is 7.46. The summed E-state index contributed by atoms with van der Waals surface area (Å²) in [5, 5.41) is 23.9. The number of hydrogen-bond donors (Lipinski definition) is 7. The zero-order chi connectivity index (χ0) is 24.5. The second kappa shape index (κ2) is 11.6. The first-order valence-electron chi connectivity index (χ1n) is 10.2. The summed E-state index contributed by atoms with van der Waals surface area (Å²) in [6.07, 6.45) is 2.26. The third-order valence-corrected chi connectivity index (χ3v) is 4.77. The maximum atomic E-state index is 12.5. The van der Waals surface area contributed by atoms with Gasteiger partial charge in [0.05, 0.1) is 0 Å². The Morgan fingerprint density at radius 2 is 1.97 bits per heavy atom. The van der Waals surface area contributed by atoms with E-state index in [0.29, 0.717) is 6.54 Å². The Morgan fingerprint density at radius 1 is 1.24 bits per heavy atom. The number of allylic oxidation sites excluding steroid dienone is 1. The molecular weight excluding hydrogens is 419 g/mol. The van der Waals surface area contributed by atoms with Gasteiger partial charge in [-0.15, -0.1) is 0 Å². The summed E-state index contributed by atoms with van der Waals surface area (Å²) in [6, 6.07) is 6.09. The van der Waals surface area contributed by atoms with Gasteiger partial charge in [0.15, 0.2) is 0 Å². The van der Waals surface area contributed by atoms with Crippen molar-refractivity contribution >= 4 is 42.5 Å². The van der Waals surface area contributed by atoms with Crippen LogP contribution in [-0.4, -0.2) is 54.0 Å². The molecule has 0 atom stereocenters. The number of nitrogens with two attached hydrogens (primary N) is 1. The summed E-state index contributed by atoms with van der Waals surface area (Å²) >= 11 is 0. The fourth-order valence-electron chi connectivity index (χ4n) is 2.93. The van der Waals surface area contributed by atoms with E-state index in [1.54, 1.807) is 0 Å². The molecule has 0 aliphatic carbocycles. The molecular formula is C22H28BN8O2. The van der Waals surface area contributed by atoms with Gasteiger partial charge in [-0.1, -0.05) is 18.2 Å². The third-order valence-electron chi connectivity index (χ3n) is 4.77. The van der Waals surface area contributed by atoms with Crippen molar-refractivity contribution in [2.75, 3.05) is 23.7 Å². The summed E-state index contributed by atoms with van der Waals surface area (Å²) in [4.78, 5) is 31.0. The number of aryl methyl sites for hydroxylation is 2. The molecule has 33 heavy (non-hydrogen) atoms. The van der Waals surface area contributed by atoms with Crippen LogP contribution in [0.15, 0.2) is 34.6 Å². The molecule has 1 aromatic heterocycles. The molecule has 171 valence electrons. The van der Waals surface area contributed by atoms with E-state index < -0.39 is 11.5 Å². The topological polar surface area (TPSA) is 173 Å². The van der Waals surface area contributed by atoms with Crippen molar-refractivity contribution in [1.29, 1.82) is 10.8 Å². The van der Waals surface area contributed by atoms with Gasteiger partial charge in [-0.25, -0.2) is 0 Å². The fourth-order valence-corrected chi connectivity index (χ4v) is 2.93. The molecule has 10 nitrogen and oxygen atoms in total. The molecule has 0 saturated heterocycles. The number of carbonyl (C=O) groups is 1. The van der Waals surface area contributed by atoms with Gasteiger partial charge in [-0.05, 0) is 25.0 Å². The van der Waals surface area contributed by atoms with Crippen LogP contribution in [-0.2, 0) is 11.3 Å². The van der Waals surface area contributed by atoms with Crippen LogP contribution in [0.1, 0.15) is 29.3 Å². The van der Waals surface area contributed by atoms with Gasteiger partial charge in [0, 0.05) is 0 Å². The van der Waals surface area contributed by atoms with E-state index >= 15 is 0 Å². The van der Waals surface area contributed by atoms with Crippen LogP contribution in [0.25, 0.3) is 0 Å². The Kier molecular flexibility index (Phi) is 8.84. The van der Waals surface area contributed by atoms with Crippen LogP contribution in [0.4, 0.5) is 11.6 Å². The summed E-state index contributed by atoms with van der Waals surface area (Å²) < 4.78 is 0. The van der Waals surface area contributed by atoms with Crippen LogP contribution in [0.2, 0.25) is 0 Å². The molecule has 0 spiro atoms. The monoisotopic (exact) mass is 447 g/mol. The second-order valence-electron chi connectivity index (χ2n) is 7.46. The number of hydrogen-bond acceptors (Lipinski definition) is 8. The van der Waals surface area contributed by atoms with Crippen molar-refractivity contribution in [3.05, 3.63) is 62.6 Å². The van der Waals surface area contributed by atoms with E-state index in [1.165, 1.54) is 24.1 Å². The number of nitrogens with zero attached hydrogens (tertiary/aromatic N) is 1. The maximum absolute atomic E-state index is 12.5. The molecule has 0 aliphatic heterocycles. The van der Waals surface area contributed by atoms with Crippen LogP contribution in [0.5, 0.6) is 0 Å². The molecule has 0 bridgehead atoms. The van der Waals surface area contributed by atoms with Gasteiger partial charge in [0.1, 0.15) is 0 Å². The number of amides is 1. The minimum absolute atomic E-state index is 0.00129. The molecule has 8 N–H and O–H groups in total. The van der Waals surface area contributed by atoms with Gasteiger partial charge in [-0.2, -0.15) is 0 Å². The molecule has 1 amide bonds. The molecule has 1 heterocycles. The number of aromatic amines is 1. The number of benzene rings is 1. The van der Waals surface area contributed by atoms with Crippen LogP contribution in [0.3, 0.4) is 0 Å². The molecule has 2 aromatic rings. The number of rotatable bonds is 12. The van der Waals surface area contributed by atoms with E-state index in [-0.39, 0.29) is 47.3 Å². The van der Waals surface area contributed by atoms with Crippen molar-refractivity contribution in [3.63, 3.8) is 0 Å². The molecule has 0 aliphatic rings. The molecule has 11 heteroatoms. The molecule has 0 unspecified atom stereocenters. The van der Waals surface area contributed by atoms with Crippen LogP contribution < -0.4 is 27.2 Å². The first kappa shape index (κ1) is 25.2. The van der Waals surface area contributed by atoms with Crippen molar-refractivity contribution < 1.29 is 4.79 Å². The zero-order valence-corrected chi connectivity index (χ0v) is 18.9. The Morgan fingerprint density at radius 3 is 2.58 bits per heavy atom. The van der Waals surface area contributed by atoms with E-state index in [2.05, 4.69) is 32.0 Å². The van der Waals surface area contributed by atoms with Crippen molar-refractivity contribution in [2.45, 2.75) is 27.3 Å². The number of H-pyrrole nitrogens is 1. The van der Waals surface area contributed by atoms with Crippen molar-refractivity contribution in [2.24, 2.45) is 5.73 Å². The predicted octanol–water partition coefficient (Wildman–Crippen LogP) is 0.748. The molecule has 0 fully saturated rings. The van der Waals surface area contributed by atoms with Gasteiger partial charge in [0.2, 0.25) is 0 Å². The quantitative estimate of drug-likeness (QED) is 0.109. The summed E-state index contributed by atoms with van der Waals surface area (Å²) in [7, 11) is 5.84. The summed E-state index contributed by atoms with van der Waals surface area (Å²) in [5.74, 6) is -0.494. The first-order valence-corrected chi connectivity index (χ1v) is 10.2. The Balaban J connectivity index is 2.00. The predicted molar refractivity (Wildman–Crippen MR) is 134 cm³/mol. The summed E-state index contributed by atoms with van der Waals surface area (Å²) in [6.45, 7) is 6.54. The van der Waals surface area contributed by atoms with E-state index in [1.807, 2.05) is 26.0 Å². The van der Waals surface area contributed by atoms with Gasteiger partial charge >= 0.3 is 150 Å². The molecule has 0 saturated carbocycles.